The van der Waals surface area contributed by atoms with E-state index in [9.17, 15) is 0 Å². The molecule has 2 heteroatoms. The lowest BCUT2D eigenvalue weighted by Crippen LogP contribution is -2.43. The topological polar surface area (TPSA) is 26.0 Å². The van der Waals surface area contributed by atoms with Gasteiger partial charge in [-0.2, -0.15) is 0 Å². The number of hydrogen-bond donors (Lipinski definition) is 1. The number of nitrogens with two attached hydrogens (primary N) is 1. The number of fused-ring (bicyclic) bond motifs is 1. The summed E-state index contributed by atoms with van der Waals surface area (Å²) in [5.74, 6) is 3.56. The summed E-state index contributed by atoms with van der Waals surface area (Å²) in [5, 5.41) is 2.37. The molecule has 0 aromatic heterocycles. The third-order valence-electron chi connectivity index (χ3n) is 5.18. The fraction of sp³-hybridized carbons (Fsp3) is 0.429. The first kappa shape index (κ1) is 17.6. The zero-order chi connectivity index (χ0) is 17.2. The minimum absolute atomic E-state index is 0.653. The average molecular weight is 324 g/mol. The molecular formula is C21H29NSi. The molecule has 0 fully saturated rings. The second-order valence-corrected chi connectivity index (χ2v) is 13.0. The molecule has 0 saturated heterocycles. The Hall–Kier alpha value is -1.72. The van der Waals surface area contributed by atoms with Crippen molar-refractivity contribution in [3.8, 4) is 11.5 Å². The van der Waals surface area contributed by atoms with E-state index in [2.05, 4.69) is 77.3 Å². The maximum atomic E-state index is 5.91. The van der Waals surface area contributed by atoms with Gasteiger partial charge in [-0.15, -0.1) is 5.54 Å². The minimum Gasteiger partial charge on any atom is -0.399 e. The molecule has 2 rings (SSSR count). The summed E-state index contributed by atoms with van der Waals surface area (Å²) in [6, 6.07) is 12.4. The van der Waals surface area contributed by atoms with Crippen molar-refractivity contribution in [3.05, 3.63) is 42.0 Å². The molecule has 1 nitrogen and oxygen atoms in total. The van der Waals surface area contributed by atoms with E-state index in [1.54, 1.807) is 0 Å². The first-order valence-electron chi connectivity index (χ1n) is 8.60. The van der Waals surface area contributed by atoms with Gasteiger partial charge in [-0.1, -0.05) is 65.7 Å². The quantitative estimate of drug-likeness (QED) is 0.419. The Labute approximate surface area is 142 Å². The summed E-state index contributed by atoms with van der Waals surface area (Å²) in [6.45, 7) is 14.1. The average Bonchev–Trinajstić information content (AvgIpc) is 2.46. The molecule has 0 aliphatic carbocycles. The normalized spacial score (nSPS) is 12.0. The molecule has 2 N–H and O–H groups in total. The van der Waals surface area contributed by atoms with Gasteiger partial charge in [0.2, 0.25) is 0 Å². The van der Waals surface area contributed by atoms with Gasteiger partial charge < -0.3 is 5.73 Å². The van der Waals surface area contributed by atoms with E-state index in [4.69, 9.17) is 5.73 Å². The molecular weight excluding hydrogens is 294 g/mol. The fourth-order valence-electron chi connectivity index (χ4n) is 4.02. The Morgan fingerprint density at radius 1 is 0.870 bits per heavy atom. The lowest BCUT2D eigenvalue weighted by Gasteiger charge is -2.38. The molecule has 2 aromatic rings. The number of hydrogen-bond acceptors (Lipinski definition) is 1. The van der Waals surface area contributed by atoms with Crippen LogP contribution in [0.4, 0.5) is 5.69 Å². The molecule has 0 aliphatic heterocycles. The molecule has 0 atom stereocenters. The predicted molar refractivity (Wildman–Crippen MR) is 106 cm³/mol. The second kappa shape index (κ2) is 6.80. The standard InChI is InChI=1S/C21H29NSi/c1-15(2)23(16(3)4,17(5)6)13-12-18-8-7-9-19-14-20(22)10-11-21(18)19/h7-11,14-17H,22H2,1-6H3. The Morgan fingerprint density at radius 2 is 1.48 bits per heavy atom. The molecule has 0 amide bonds. The van der Waals surface area contributed by atoms with Crippen LogP contribution >= 0.6 is 0 Å². The number of benzene rings is 2. The number of anilines is 1. The summed E-state index contributed by atoms with van der Waals surface area (Å²) in [7, 11) is -1.69. The highest BCUT2D eigenvalue weighted by Crippen LogP contribution is 2.40. The third-order valence-corrected chi connectivity index (χ3v) is 11.5. The molecule has 23 heavy (non-hydrogen) atoms. The summed E-state index contributed by atoms with van der Waals surface area (Å²) >= 11 is 0. The van der Waals surface area contributed by atoms with Crippen LogP contribution in [0.2, 0.25) is 16.6 Å². The van der Waals surface area contributed by atoms with Crippen molar-refractivity contribution in [1.29, 1.82) is 0 Å². The van der Waals surface area contributed by atoms with Crippen LogP contribution in [0.25, 0.3) is 10.8 Å². The molecule has 0 radical (unpaired) electrons. The van der Waals surface area contributed by atoms with E-state index in [1.165, 1.54) is 10.8 Å². The van der Waals surface area contributed by atoms with Gasteiger partial charge in [0.15, 0.2) is 0 Å². The Bertz CT molecular complexity index is 725. The largest absolute Gasteiger partial charge is 0.399 e. The first-order valence-corrected chi connectivity index (χ1v) is 10.8. The molecule has 122 valence electrons. The summed E-state index contributed by atoms with van der Waals surface area (Å²) in [6.07, 6.45) is 0. The highest BCUT2D eigenvalue weighted by Gasteiger charge is 2.41. The van der Waals surface area contributed by atoms with Gasteiger partial charge in [0.05, 0.1) is 0 Å². The third kappa shape index (κ3) is 3.30. The molecule has 0 unspecified atom stereocenters. The van der Waals surface area contributed by atoms with E-state index in [-0.39, 0.29) is 0 Å². The van der Waals surface area contributed by atoms with E-state index >= 15 is 0 Å². The van der Waals surface area contributed by atoms with Gasteiger partial charge in [0.1, 0.15) is 8.07 Å². The lowest BCUT2D eigenvalue weighted by atomic mass is 10.0. The summed E-state index contributed by atoms with van der Waals surface area (Å²) in [4.78, 5) is 0. The second-order valence-electron chi connectivity index (χ2n) is 7.43. The molecule has 2 aromatic carbocycles. The summed E-state index contributed by atoms with van der Waals surface area (Å²) < 4.78 is 0. The summed E-state index contributed by atoms with van der Waals surface area (Å²) in [5.41, 5.74) is 13.6. The van der Waals surface area contributed by atoms with Crippen molar-refractivity contribution in [2.45, 2.75) is 58.2 Å². The van der Waals surface area contributed by atoms with Crippen LogP contribution in [0.3, 0.4) is 0 Å². The predicted octanol–water partition coefficient (Wildman–Crippen LogP) is 5.99. The zero-order valence-corrected chi connectivity index (χ0v) is 16.3. The van der Waals surface area contributed by atoms with Gasteiger partial charge in [0, 0.05) is 11.3 Å². The number of rotatable bonds is 3. The van der Waals surface area contributed by atoms with Crippen LogP contribution in [0.5, 0.6) is 0 Å². The van der Waals surface area contributed by atoms with Crippen molar-refractivity contribution in [1.82, 2.24) is 0 Å². The SMILES string of the molecule is CC(C)[Si](C#Cc1cccc2cc(N)ccc12)(C(C)C)C(C)C. The van der Waals surface area contributed by atoms with Crippen molar-refractivity contribution in [2.24, 2.45) is 0 Å². The smallest absolute Gasteiger partial charge is 0.146 e. The monoisotopic (exact) mass is 323 g/mol. The van der Waals surface area contributed by atoms with Gasteiger partial charge in [-0.05, 0) is 45.6 Å². The maximum absolute atomic E-state index is 5.91. The van der Waals surface area contributed by atoms with Gasteiger partial charge >= 0.3 is 0 Å². The van der Waals surface area contributed by atoms with E-state index < -0.39 is 8.07 Å². The Balaban J connectivity index is 2.60. The highest BCUT2D eigenvalue weighted by atomic mass is 28.3. The van der Waals surface area contributed by atoms with Gasteiger partial charge in [0.25, 0.3) is 0 Å². The molecule has 0 spiro atoms. The van der Waals surface area contributed by atoms with Crippen LogP contribution in [0, 0.1) is 11.5 Å². The maximum Gasteiger partial charge on any atom is 0.146 e. The van der Waals surface area contributed by atoms with Crippen LogP contribution in [-0.2, 0) is 0 Å². The van der Waals surface area contributed by atoms with E-state index in [0.29, 0.717) is 16.6 Å². The molecule has 0 aliphatic rings. The Kier molecular flexibility index (Phi) is 5.22. The van der Waals surface area contributed by atoms with Crippen LogP contribution in [0.1, 0.15) is 47.1 Å². The first-order chi connectivity index (χ1) is 10.8. The highest BCUT2D eigenvalue weighted by molar-refractivity contribution is 6.90. The van der Waals surface area contributed by atoms with Gasteiger partial charge in [-0.3, -0.25) is 0 Å². The van der Waals surface area contributed by atoms with Crippen molar-refractivity contribution < 1.29 is 0 Å². The molecule has 0 heterocycles. The van der Waals surface area contributed by atoms with Crippen LogP contribution < -0.4 is 5.73 Å². The Morgan fingerprint density at radius 3 is 2.04 bits per heavy atom. The van der Waals surface area contributed by atoms with E-state index in [1.807, 2.05) is 12.1 Å². The molecule has 0 bridgehead atoms. The fourth-order valence-corrected chi connectivity index (χ4v) is 9.24. The van der Waals surface area contributed by atoms with E-state index in [0.717, 1.165) is 11.3 Å². The van der Waals surface area contributed by atoms with Crippen molar-refractivity contribution in [2.75, 3.05) is 5.73 Å². The zero-order valence-electron chi connectivity index (χ0n) is 15.3. The van der Waals surface area contributed by atoms with Crippen LogP contribution in [-0.4, -0.2) is 8.07 Å². The molecule has 0 saturated carbocycles. The minimum atomic E-state index is -1.69. The van der Waals surface area contributed by atoms with Crippen molar-refractivity contribution >= 4 is 24.5 Å². The van der Waals surface area contributed by atoms with Gasteiger partial charge in [-0.25, -0.2) is 0 Å². The lowest BCUT2D eigenvalue weighted by molar-refractivity contribution is 0.838. The van der Waals surface area contributed by atoms with Crippen LogP contribution in [0.15, 0.2) is 36.4 Å². The number of nitrogen functional groups attached to an aromatic ring is 1. The van der Waals surface area contributed by atoms with Crippen molar-refractivity contribution in [3.63, 3.8) is 0 Å².